The van der Waals surface area contributed by atoms with E-state index in [2.05, 4.69) is 28.5 Å². The number of nitriles is 1. The second kappa shape index (κ2) is 5.50. The molecule has 118 valence electrons. The number of carbonyl (C=O) groups excluding carboxylic acids is 1. The highest BCUT2D eigenvalue weighted by atomic mass is 32.1. The van der Waals surface area contributed by atoms with E-state index in [1.54, 1.807) is 11.3 Å². The van der Waals surface area contributed by atoms with Gasteiger partial charge >= 0.3 is 0 Å². The Labute approximate surface area is 138 Å². The number of aromatic amines is 1. The maximum absolute atomic E-state index is 12.6. The van der Waals surface area contributed by atoms with Crippen LogP contribution in [-0.4, -0.2) is 16.1 Å². The van der Waals surface area contributed by atoms with E-state index in [0.717, 1.165) is 43.4 Å². The fourth-order valence-corrected chi connectivity index (χ4v) is 4.51. The van der Waals surface area contributed by atoms with Crippen molar-refractivity contribution in [3.05, 3.63) is 32.6 Å². The van der Waals surface area contributed by atoms with Crippen LogP contribution in [0.15, 0.2) is 5.38 Å². The van der Waals surface area contributed by atoms with Gasteiger partial charge in [-0.2, -0.15) is 10.4 Å². The maximum atomic E-state index is 12.6. The molecule has 4 rings (SSSR count). The highest BCUT2D eigenvalue weighted by Gasteiger charge is 2.31. The zero-order valence-electron chi connectivity index (χ0n) is 13.0. The highest BCUT2D eigenvalue weighted by molar-refractivity contribution is 7.10. The van der Waals surface area contributed by atoms with E-state index >= 15 is 0 Å². The third kappa shape index (κ3) is 2.55. The number of aromatic nitrogens is 2. The Morgan fingerprint density at radius 2 is 2.30 bits per heavy atom. The van der Waals surface area contributed by atoms with Crippen molar-refractivity contribution in [1.29, 1.82) is 5.26 Å². The summed E-state index contributed by atoms with van der Waals surface area (Å²) in [4.78, 5) is 14.0. The minimum atomic E-state index is -0.151. The van der Waals surface area contributed by atoms with E-state index in [9.17, 15) is 10.1 Å². The Balaban J connectivity index is 1.58. The Bertz CT molecular complexity index is 809. The molecule has 1 saturated carbocycles. The first-order valence-electron chi connectivity index (χ1n) is 8.06. The van der Waals surface area contributed by atoms with Crippen LogP contribution in [0.4, 0.5) is 5.82 Å². The molecule has 0 aliphatic heterocycles. The summed E-state index contributed by atoms with van der Waals surface area (Å²) in [7, 11) is 0. The molecule has 1 unspecified atom stereocenters. The van der Waals surface area contributed by atoms with Gasteiger partial charge in [-0.25, -0.2) is 0 Å². The molecule has 1 fully saturated rings. The topological polar surface area (TPSA) is 81.6 Å². The first kappa shape index (κ1) is 14.5. The van der Waals surface area contributed by atoms with E-state index in [4.69, 9.17) is 0 Å². The summed E-state index contributed by atoms with van der Waals surface area (Å²) in [6.07, 6.45) is 5.31. The molecule has 0 spiro atoms. The van der Waals surface area contributed by atoms with Crippen molar-refractivity contribution >= 4 is 23.1 Å². The minimum absolute atomic E-state index is 0.151. The van der Waals surface area contributed by atoms with Crippen molar-refractivity contribution in [2.75, 3.05) is 5.32 Å². The Morgan fingerprint density at radius 3 is 3.04 bits per heavy atom. The fourth-order valence-electron chi connectivity index (χ4n) is 3.27. The maximum Gasteiger partial charge on any atom is 0.258 e. The first-order valence-corrected chi connectivity index (χ1v) is 8.94. The van der Waals surface area contributed by atoms with Gasteiger partial charge in [0.2, 0.25) is 0 Å². The quantitative estimate of drug-likeness (QED) is 0.904. The van der Waals surface area contributed by atoms with E-state index in [1.807, 2.05) is 5.38 Å². The fraction of sp³-hybridized carbons (Fsp3) is 0.471. The van der Waals surface area contributed by atoms with Gasteiger partial charge in [0.25, 0.3) is 5.91 Å². The number of carbonyl (C=O) groups is 1. The molecule has 2 N–H and O–H groups in total. The standard InChI is InChI=1S/C17H18N4OS/c1-9-2-5-11-13(8-23-14(11)6-9)17(22)19-16-12(7-18)15(20-21-16)10-3-4-10/h8-10H,2-6H2,1H3,(H2,19,20,21,22). The van der Waals surface area contributed by atoms with Crippen LogP contribution < -0.4 is 5.32 Å². The second-order valence-electron chi connectivity index (χ2n) is 6.60. The zero-order valence-corrected chi connectivity index (χ0v) is 13.8. The van der Waals surface area contributed by atoms with E-state index < -0.39 is 0 Å². The number of rotatable bonds is 3. The predicted molar refractivity (Wildman–Crippen MR) is 88.7 cm³/mol. The van der Waals surface area contributed by atoms with Gasteiger partial charge in [-0.05, 0) is 43.6 Å². The third-order valence-corrected chi connectivity index (χ3v) is 5.82. The van der Waals surface area contributed by atoms with Crippen LogP contribution in [0.5, 0.6) is 0 Å². The number of hydrogen-bond donors (Lipinski definition) is 2. The van der Waals surface area contributed by atoms with Crippen LogP contribution in [0.25, 0.3) is 0 Å². The lowest BCUT2D eigenvalue weighted by atomic mass is 9.88. The SMILES string of the molecule is CC1CCc2c(C(=O)Nc3n[nH]c(C4CC4)c3C#N)csc2C1. The number of anilines is 1. The number of amides is 1. The average Bonchev–Trinajstić information content (AvgIpc) is 3.17. The van der Waals surface area contributed by atoms with Gasteiger partial charge in [0.15, 0.2) is 5.82 Å². The first-order chi connectivity index (χ1) is 11.2. The summed E-state index contributed by atoms with van der Waals surface area (Å²) >= 11 is 1.67. The van der Waals surface area contributed by atoms with Gasteiger partial charge in [0.1, 0.15) is 11.6 Å². The lowest BCUT2D eigenvalue weighted by Crippen LogP contribution is -2.17. The number of nitrogens with one attached hydrogen (secondary N) is 2. The largest absolute Gasteiger partial charge is 0.304 e. The van der Waals surface area contributed by atoms with Crippen LogP contribution in [0.1, 0.15) is 64.2 Å². The number of nitrogens with zero attached hydrogens (tertiary/aromatic N) is 2. The van der Waals surface area contributed by atoms with Crippen LogP contribution in [0.3, 0.4) is 0 Å². The highest BCUT2D eigenvalue weighted by Crippen LogP contribution is 2.42. The molecule has 0 radical (unpaired) electrons. The monoisotopic (exact) mass is 326 g/mol. The average molecular weight is 326 g/mol. The van der Waals surface area contributed by atoms with Gasteiger partial charge in [-0.1, -0.05) is 6.92 Å². The smallest absolute Gasteiger partial charge is 0.258 e. The molecule has 5 nitrogen and oxygen atoms in total. The number of thiophene rings is 1. The van der Waals surface area contributed by atoms with Crippen molar-refractivity contribution in [3.63, 3.8) is 0 Å². The van der Waals surface area contributed by atoms with Gasteiger partial charge in [0.05, 0.1) is 11.3 Å². The summed E-state index contributed by atoms with van der Waals surface area (Å²) in [6.45, 7) is 2.25. The lowest BCUT2D eigenvalue weighted by Gasteiger charge is -2.18. The number of fused-ring (bicyclic) bond motifs is 1. The van der Waals surface area contributed by atoms with E-state index in [0.29, 0.717) is 23.2 Å². The number of H-pyrrole nitrogens is 1. The second-order valence-corrected chi connectivity index (χ2v) is 7.56. The van der Waals surface area contributed by atoms with Gasteiger partial charge in [0, 0.05) is 16.2 Å². The molecule has 2 heterocycles. The van der Waals surface area contributed by atoms with Gasteiger partial charge in [-0.3, -0.25) is 9.89 Å². The molecule has 0 bridgehead atoms. The van der Waals surface area contributed by atoms with Crippen molar-refractivity contribution in [3.8, 4) is 6.07 Å². The van der Waals surface area contributed by atoms with Crippen LogP contribution in [-0.2, 0) is 12.8 Å². The van der Waals surface area contributed by atoms with Crippen molar-refractivity contribution < 1.29 is 4.79 Å². The summed E-state index contributed by atoms with van der Waals surface area (Å²) in [5.41, 5.74) is 3.28. The molecule has 1 atom stereocenters. The molecule has 2 aliphatic rings. The zero-order chi connectivity index (χ0) is 16.0. The van der Waals surface area contributed by atoms with Gasteiger partial charge < -0.3 is 5.32 Å². The normalized spacial score (nSPS) is 19.9. The molecular formula is C17H18N4OS. The summed E-state index contributed by atoms with van der Waals surface area (Å²) < 4.78 is 0. The molecule has 0 saturated heterocycles. The summed E-state index contributed by atoms with van der Waals surface area (Å²) in [6, 6.07) is 2.18. The molecule has 23 heavy (non-hydrogen) atoms. The number of hydrogen-bond acceptors (Lipinski definition) is 4. The Hall–Kier alpha value is -2.13. The Morgan fingerprint density at radius 1 is 1.48 bits per heavy atom. The summed E-state index contributed by atoms with van der Waals surface area (Å²) in [5, 5.41) is 21.2. The molecule has 6 heteroatoms. The predicted octanol–water partition coefficient (Wildman–Crippen LogP) is 3.60. The third-order valence-electron chi connectivity index (χ3n) is 4.77. The molecular weight excluding hydrogens is 308 g/mol. The van der Waals surface area contributed by atoms with E-state index in [-0.39, 0.29) is 5.91 Å². The Kier molecular flexibility index (Phi) is 3.46. The molecule has 0 aromatic carbocycles. The molecule has 1 amide bonds. The molecule has 2 aromatic heterocycles. The lowest BCUT2D eigenvalue weighted by molar-refractivity contribution is 0.102. The van der Waals surface area contributed by atoms with Crippen LogP contribution in [0.2, 0.25) is 0 Å². The molecule has 2 aromatic rings. The van der Waals surface area contributed by atoms with Crippen molar-refractivity contribution in [1.82, 2.24) is 10.2 Å². The van der Waals surface area contributed by atoms with Gasteiger partial charge in [-0.15, -0.1) is 11.3 Å². The minimum Gasteiger partial charge on any atom is -0.304 e. The van der Waals surface area contributed by atoms with E-state index in [1.165, 1.54) is 10.4 Å². The summed E-state index contributed by atoms with van der Waals surface area (Å²) in [5.74, 6) is 1.30. The van der Waals surface area contributed by atoms with Crippen molar-refractivity contribution in [2.45, 2.75) is 44.9 Å². The van der Waals surface area contributed by atoms with Crippen LogP contribution >= 0.6 is 11.3 Å². The van der Waals surface area contributed by atoms with Crippen molar-refractivity contribution in [2.24, 2.45) is 5.92 Å². The van der Waals surface area contributed by atoms with Crippen LogP contribution in [0, 0.1) is 17.2 Å². The molecule has 2 aliphatic carbocycles.